The third-order valence-corrected chi connectivity index (χ3v) is 2.14. The van der Waals surface area contributed by atoms with Crippen LogP contribution in [0.4, 0.5) is 8.78 Å². The molecule has 0 aliphatic heterocycles. The van der Waals surface area contributed by atoms with Gasteiger partial charge in [0.15, 0.2) is 0 Å². The predicted molar refractivity (Wildman–Crippen MR) is 49.7 cm³/mol. The second kappa shape index (κ2) is 4.02. The van der Waals surface area contributed by atoms with Gasteiger partial charge in [-0.2, -0.15) is 0 Å². The van der Waals surface area contributed by atoms with Crippen LogP contribution in [0.2, 0.25) is 0 Å². The van der Waals surface area contributed by atoms with Crippen molar-refractivity contribution >= 4 is 0 Å². The maximum absolute atomic E-state index is 13.1. The molecule has 0 saturated carbocycles. The van der Waals surface area contributed by atoms with Gasteiger partial charge in [-0.05, 0) is 31.5 Å². The molecule has 2 nitrogen and oxygen atoms in total. The van der Waals surface area contributed by atoms with Crippen molar-refractivity contribution in [1.29, 1.82) is 0 Å². The molecule has 1 aromatic carbocycles. The average Bonchev–Trinajstić information content (AvgIpc) is 2.12. The Balaban J connectivity index is 3.12. The first-order valence-electron chi connectivity index (χ1n) is 4.32. The minimum atomic E-state index is -1.04. The Kier molecular flexibility index (Phi) is 3.18. The van der Waals surface area contributed by atoms with Gasteiger partial charge in [-0.3, -0.25) is 0 Å². The predicted octanol–water partition coefficient (Wildman–Crippen LogP) is 1.65. The standard InChI is InChI=1S/C10H13F2NO/c1-5-8(11)3-7(4-9(5)12)10(14)6(2)13/h3-4,6,10,14H,13H2,1-2H3/t6-,10-/m1/s1. The summed E-state index contributed by atoms with van der Waals surface area (Å²) in [7, 11) is 0. The fourth-order valence-corrected chi connectivity index (χ4v) is 1.14. The minimum absolute atomic E-state index is 0.0503. The van der Waals surface area contributed by atoms with E-state index in [2.05, 4.69) is 0 Å². The van der Waals surface area contributed by atoms with Crippen LogP contribution in [0.5, 0.6) is 0 Å². The number of aliphatic hydroxyl groups is 1. The molecule has 0 heterocycles. The lowest BCUT2D eigenvalue weighted by Gasteiger charge is -2.15. The van der Waals surface area contributed by atoms with Crippen molar-refractivity contribution in [3.63, 3.8) is 0 Å². The fraction of sp³-hybridized carbons (Fsp3) is 0.400. The Bertz CT molecular complexity index is 316. The molecule has 0 aliphatic carbocycles. The van der Waals surface area contributed by atoms with Gasteiger partial charge in [0.05, 0.1) is 6.10 Å². The van der Waals surface area contributed by atoms with Gasteiger partial charge < -0.3 is 10.8 Å². The van der Waals surface area contributed by atoms with Crippen LogP contribution >= 0.6 is 0 Å². The molecule has 2 atom stereocenters. The number of halogens is 2. The van der Waals surface area contributed by atoms with E-state index in [0.29, 0.717) is 0 Å². The normalized spacial score (nSPS) is 15.3. The van der Waals surface area contributed by atoms with E-state index in [9.17, 15) is 13.9 Å². The zero-order chi connectivity index (χ0) is 10.9. The molecule has 0 aromatic heterocycles. The Morgan fingerprint density at radius 1 is 1.29 bits per heavy atom. The molecule has 0 radical (unpaired) electrons. The second-order valence-electron chi connectivity index (χ2n) is 3.41. The molecule has 78 valence electrons. The zero-order valence-corrected chi connectivity index (χ0v) is 8.09. The third-order valence-electron chi connectivity index (χ3n) is 2.14. The molecule has 0 bridgehead atoms. The molecule has 0 aliphatic rings. The van der Waals surface area contributed by atoms with Crippen molar-refractivity contribution < 1.29 is 13.9 Å². The maximum atomic E-state index is 13.1. The van der Waals surface area contributed by atoms with E-state index in [1.165, 1.54) is 6.92 Å². The summed E-state index contributed by atoms with van der Waals surface area (Å²) in [4.78, 5) is 0. The molecule has 0 fully saturated rings. The molecule has 1 aromatic rings. The van der Waals surface area contributed by atoms with Gasteiger partial charge in [0, 0.05) is 11.6 Å². The van der Waals surface area contributed by atoms with Crippen molar-refractivity contribution in [1.82, 2.24) is 0 Å². The van der Waals surface area contributed by atoms with Crippen molar-refractivity contribution in [2.24, 2.45) is 5.73 Å². The van der Waals surface area contributed by atoms with Crippen molar-refractivity contribution in [2.45, 2.75) is 26.0 Å². The number of rotatable bonds is 2. The summed E-state index contributed by atoms with van der Waals surface area (Å²) in [6, 6.07) is 1.65. The molecule has 0 amide bonds. The van der Waals surface area contributed by atoms with Crippen LogP contribution in [-0.2, 0) is 0 Å². The number of benzene rings is 1. The topological polar surface area (TPSA) is 46.2 Å². The Hall–Kier alpha value is -1.00. The van der Waals surface area contributed by atoms with E-state index in [4.69, 9.17) is 5.73 Å². The molecule has 3 N–H and O–H groups in total. The molecule has 0 spiro atoms. The molecular formula is C10H13F2NO. The summed E-state index contributed by atoms with van der Waals surface area (Å²) in [5.41, 5.74) is 5.53. The highest BCUT2D eigenvalue weighted by molar-refractivity contribution is 5.27. The zero-order valence-electron chi connectivity index (χ0n) is 8.09. The summed E-state index contributed by atoms with van der Waals surface area (Å²) in [6.07, 6.45) is -1.04. The van der Waals surface area contributed by atoms with E-state index in [1.54, 1.807) is 6.92 Å². The summed E-state index contributed by atoms with van der Waals surface area (Å²) in [5.74, 6) is -1.33. The quantitative estimate of drug-likeness (QED) is 0.764. The summed E-state index contributed by atoms with van der Waals surface area (Å²) < 4.78 is 26.1. The maximum Gasteiger partial charge on any atom is 0.129 e. The van der Waals surface area contributed by atoms with Crippen LogP contribution in [0.3, 0.4) is 0 Å². The second-order valence-corrected chi connectivity index (χ2v) is 3.41. The SMILES string of the molecule is Cc1c(F)cc([C@H](O)[C@@H](C)N)cc1F. The summed E-state index contributed by atoms with van der Waals surface area (Å²) >= 11 is 0. The first-order chi connectivity index (χ1) is 6.43. The van der Waals surface area contributed by atoms with Crippen LogP contribution < -0.4 is 5.73 Å². The Morgan fingerprint density at radius 3 is 2.07 bits per heavy atom. The van der Waals surface area contributed by atoms with Gasteiger partial charge >= 0.3 is 0 Å². The molecule has 4 heteroatoms. The van der Waals surface area contributed by atoms with E-state index >= 15 is 0 Å². The van der Waals surface area contributed by atoms with Gasteiger partial charge in [0.25, 0.3) is 0 Å². The van der Waals surface area contributed by atoms with Gasteiger partial charge in [0.1, 0.15) is 11.6 Å². The van der Waals surface area contributed by atoms with Gasteiger partial charge in [0.2, 0.25) is 0 Å². The average molecular weight is 201 g/mol. The first-order valence-corrected chi connectivity index (χ1v) is 4.32. The highest BCUT2D eigenvalue weighted by atomic mass is 19.1. The van der Waals surface area contributed by atoms with Crippen LogP contribution in [0.25, 0.3) is 0 Å². The lowest BCUT2D eigenvalue weighted by atomic mass is 10.0. The fourth-order valence-electron chi connectivity index (χ4n) is 1.14. The monoisotopic (exact) mass is 201 g/mol. The summed E-state index contributed by atoms with van der Waals surface area (Å²) in [5, 5.41) is 9.48. The van der Waals surface area contributed by atoms with Crippen LogP contribution in [-0.4, -0.2) is 11.1 Å². The first kappa shape index (κ1) is 11.1. The molecular weight excluding hydrogens is 188 g/mol. The minimum Gasteiger partial charge on any atom is -0.387 e. The largest absolute Gasteiger partial charge is 0.387 e. The van der Waals surface area contributed by atoms with Crippen LogP contribution in [0.1, 0.15) is 24.2 Å². The Morgan fingerprint density at radius 2 is 1.71 bits per heavy atom. The smallest absolute Gasteiger partial charge is 0.129 e. The van der Waals surface area contributed by atoms with Gasteiger partial charge in [-0.1, -0.05) is 0 Å². The van der Waals surface area contributed by atoms with Crippen LogP contribution in [0, 0.1) is 18.6 Å². The number of nitrogens with two attached hydrogens (primary N) is 1. The van der Waals surface area contributed by atoms with Gasteiger partial charge in [-0.25, -0.2) is 8.78 Å². The van der Waals surface area contributed by atoms with E-state index in [-0.39, 0.29) is 11.1 Å². The number of aliphatic hydroxyl groups excluding tert-OH is 1. The van der Waals surface area contributed by atoms with Crippen LogP contribution in [0.15, 0.2) is 12.1 Å². The summed E-state index contributed by atoms with van der Waals surface area (Å²) in [6.45, 7) is 2.91. The van der Waals surface area contributed by atoms with E-state index in [1.807, 2.05) is 0 Å². The highest BCUT2D eigenvalue weighted by Crippen LogP contribution is 2.21. The van der Waals surface area contributed by atoms with Crippen molar-refractivity contribution in [3.8, 4) is 0 Å². The molecule has 0 saturated heterocycles. The van der Waals surface area contributed by atoms with Gasteiger partial charge in [-0.15, -0.1) is 0 Å². The van der Waals surface area contributed by atoms with E-state index < -0.39 is 23.8 Å². The van der Waals surface area contributed by atoms with E-state index in [0.717, 1.165) is 12.1 Å². The van der Waals surface area contributed by atoms with Crippen molar-refractivity contribution in [3.05, 3.63) is 34.9 Å². The Labute approximate surface area is 81.4 Å². The molecule has 0 unspecified atom stereocenters. The highest BCUT2D eigenvalue weighted by Gasteiger charge is 2.16. The molecule has 14 heavy (non-hydrogen) atoms. The number of hydrogen-bond acceptors (Lipinski definition) is 2. The van der Waals surface area contributed by atoms with Crippen molar-refractivity contribution in [2.75, 3.05) is 0 Å². The third kappa shape index (κ3) is 2.08. The lowest BCUT2D eigenvalue weighted by molar-refractivity contribution is 0.152. The lowest BCUT2D eigenvalue weighted by Crippen LogP contribution is -2.24. The number of hydrogen-bond donors (Lipinski definition) is 2. The molecule has 1 rings (SSSR count).